The molecule has 114 valence electrons. The maximum absolute atomic E-state index is 11.2. The number of amides is 1. The lowest BCUT2D eigenvalue weighted by atomic mass is 9.96. The average Bonchev–Trinajstić information content (AvgIpc) is 2.92. The SMILES string of the molecule is CCC(CC)c1nc(C#N)c(N2CCC(C(N)=O)CC2)o1. The minimum atomic E-state index is -0.245. The van der Waals surface area contributed by atoms with E-state index in [1.165, 1.54) is 0 Å². The Balaban J connectivity index is 2.17. The van der Waals surface area contributed by atoms with Crippen LogP contribution in [0.15, 0.2) is 4.42 Å². The van der Waals surface area contributed by atoms with E-state index in [0.717, 1.165) is 12.8 Å². The molecule has 1 amide bonds. The summed E-state index contributed by atoms with van der Waals surface area (Å²) >= 11 is 0. The zero-order valence-corrected chi connectivity index (χ0v) is 12.6. The number of hydrogen-bond donors (Lipinski definition) is 1. The standard InChI is InChI=1S/C15H22N4O2/c1-3-10(4-2)14-18-12(9-16)15(21-14)19-7-5-11(6-8-19)13(17)20/h10-11H,3-8H2,1-2H3,(H2,17,20). The lowest BCUT2D eigenvalue weighted by Gasteiger charge is -2.30. The van der Waals surface area contributed by atoms with Gasteiger partial charge in [0.15, 0.2) is 0 Å². The van der Waals surface area contributed by atoms with Crippen molar-refractivity contribution in [1.82, 2.24) is 4.98 Å². The van der Waals surface area contributed by atoms with Crippen molar-refractivity contribution in [2.24, 2.45) is 11.7 Å². The lowest BCUT2D eigenvalue weighted by Crippen LogP contribution is -2.38. The third-order valence-corrected chi connectivity index (χ3v) is 4.25. The third-order valence-electron chi connectivity index (χ3n) is 4.25. The van der Waals surface area contributed by atoms with Gasteiger partial charge in [-0.3, -0.25) is 4.79 Å². The zero-order valence-electron chi connectivity index (χ0n) is 12.6. The maximum atomic E-state index is 11.2. The van der Waals surface area contributed by atoms with Gasteiger partial charge in [0, 0.05) is 24.9 Å². The fourth-order valence-corrected chi connectivity index (χ4v) is 2.79. The van der Waals surface area contributed by atoms with Gasteiger partial charge in [-0.2, -0.15) is 5.26 Å². The molecule has 1 aromatic heterocycles. The second-order valence-corrected chi connectivity index (χ2v) is 5.49. The van der Waals surface area contributed by atoms with Gasteiger partial charge in [-0.15, -0.1) is 0 Å². The molecule has 1 aliphatic rings. The predicted octanol–water partition coefficient (Wildman–Crippen LogP) is 2.15. The zero-order chi connectivity index (χ0) is 15.4. The molecule has 2 rings (SSSR count). The van der Waals surface area contributed by atoms with Crippen molar-refractivity contribution >= 4 is 11.8 Å². The summed E-state index contributed by atoms with van der Waals surface area (Å²) in [6.45, 7) is 5.50. The second-order valence-electron chi connectivity index (χ2n) is 5.49. The van der Waals surface area contributed by atoms with Crippen LogP contribution < -0.4 is 10.6 Å². The average molecular weight is 290 g/mol. The number of nitrogens with two attached hydrogens (primary N) is 1. The number of carbonyl (C=O) groups excluding carboxylic acids is 1. The van der Waals surface area contributed by atoms with E-state index in [0.29, 0.717) is 43.4 Å². The van der Waals surface area contributed by atoms with Crippen LogP contribution in [0.25, 0.3) is 0 Å². The van der Waals surface area contributed by atoms with E-state index in [1.54, 1.807) is 0 Å². The first-order chi connectivity index (χ1) is 10.1. The Morgan fingerprint density at radius 2 is 2.10 bits per heavy atom. The Kier molecular flexibility index (Phi) is 4.84. The Hall–Kier alpha value is -2.03. The van der Waals surface area contributed by atoms with Gasteiger partial charge in [0.05, 0.1) is 0 Å². The summed E-state index contributed by atoms with van der Waals surface area (Å²) in [6.07, 6.45) is 3.26. The molecular formula is C15H22N4O2. The van der Waals surface area contributed by atoms with Gasteiger partial charge in [0.2, 0.25) is 23.4 Å². The number of aromatic nitrogens is 1. The monoisotopic (exact) mass is 290 g/mol. The van der Waals surface area contributed by atoms with E-state index in [9.17, 15) is 10.1 Å². The van der Waals surface area contributed by atoms with Crippen LogP contribution in [0, 0.1) is 17.2 Å². The number of carbonyl (C=O) groups is 1. The quantitative estimate of drug-likeness (QED) is 0.896. The van der Waals surface area contributed by atoms with Crippen molar-refractivity contribution < 1.29 is 9.21 Å². The highest BCUT2D eigenvalue weighted by molar-refractivity contribution is 5.77. The van der Waals surface area contributed by atoms with Crippen molar-refractivity contribution in [3.8, 4) is 6.07 Å². The van der Waals surface area contributed by atoms with Gasteiger partial charge in [0.1, 0.15) is 6.07 Å². The molecule has 0 saturated carbocycles. The van der Waals surface area contributed by atoms with Gasteiger partial charge >= 0.3 is 0 Å². The van der Waals surface area contributed by atoms with Crippen molar-refractivity contribution in [2.75, 3.05) is 18.0 Å². The molecule has 2 N–H and O–H groups in total. The van der Waals surface area contributed by atoms with Crippen LogP contribution in [0.5, 0.6) is 0 Å². The second kappa shape index (κ2) is 6.61. The molecule has 0 atom stereocenters. The molecule has 6 heteroatoms. The summed E-state index contributed by atoms with van der Waals surface area (Å²) in [7, 11) is 0. The van der Waals surface area contributed by atoms with Crippen LogP contribution in [0.3, 0.4) is 0 Å². The fourth-order valence-electron chi connectivity index (χ4n) is 2.79. The number of hydrogen-bond acceptors (Lipinski definition) is 5. The lowest BCUT2D eigenvalue weighted by molar-refractivity contribution is -0.122. The van der Waals surface area contributed by atoms with E-state index in [1.807, 2.05) is 4.90 Å². The molecular weight excluding hydrogens is 268 g/mol. The van der Waals surface area contributed by atoms with E-state index in [2.05, 4.69) is 24.9 Å². The molecule has 0 bridgehead atoms. The third kappa shape index (κ3) is 3.18. The van der Waals surface area contributed by atoms with Crippen molar-refractivity contribution in [1.29, 1.82) is 5.26 Å². The predicted molar refractivity (Wildman–Crippen MR) is 78.7 cm³/mol. The van der Waals surface area contributed by atoms with Crippen molar-refractivity contribution in [2.45, 2.75) is 45.4 Å². The summed E-state index contributed by atoms with van der Waals surface area (Å²) in [5, 5.41) is 9.26. The van der Waals surface area contributed by atoms with Crippen LogP contribution in [-0.4, -0.2) is 24.0 Å². The first kappa shape index (κ1) is 15.4. The molecule has 0 unspecified atom stereocenters. The Bertz CT molecular complexity index is 534. The summed E-state index contributed by atoms with van der Waals surface area (Å²) in [4.78, 5) is 17.5. The Morgan fingerprint density at radius 3 is 2.57 bits per heavy atom. The summed E-state index contributed by atoms with van der Waals surface area (Å²) < 4.78 is 5.86. The highest BCUT2D eigenvalue weighted by atomic mass is 16.4. The molecule has 1 aliphatic heterocycles. The molecule has 2 heterocycles. The largest absolute Gasteiger partial charge is 0.423 e. The molecule has 0 radical (unpaired) electrons. The van der Waals surface area contributed by atoms with Gasteiger partial charge in [-0.05, 0) is 25.7 Å². The van der Waals surface area contributed by atoms with Crippen LogP contribution in [0.2, 0.25) is 0 Å². The van der Waals surface area contributed by atoms with Crippen LogP contribution in [-0.2, 0) is 4.79 Å². The Morgan fingerprint density at radius 1 is 1.48 bits per heavy atom. The molecule has 0 spiro atoms. The molecule has 0 aromatic carbocycles. The van der Waals surface area contributed by atoms with Crippen LogP contribution in [0.4, 0.5) is 5.88 Å². The minimum Gasteiger partial charge on any atom is -0.423 e. The highest BCUT2D eigenvalue weighted by Gasteiger charge is 2.28. The van der Waals surface area contributed by atoms with E-state index in [4.69, 9.17) is 10.2 Å². The van der Waals surface area contributed by atoms with E-state index < -0.39 is 0 Å². The molecule has 0 aliphatic carbocycles. The van der Waals surface area contributed by atoms with Crippen LogP contribution in [0.1, 0.15) is 57.0 Å². The van der Waals surface area contributed by atoms with E-state index >= 15 is 0 Å². The van der Waals surface area contributed by atoms with Crippen molar-refractivity contribution in [3.63, 3.8) is 0 Å². The molecule has 1 aromatic rings. The number of oxazole rings is 1. The fraction of sp³-hybridized carbons (Fsp3) is 0.667. The summed E-state index contributed by atoms with van der Waals surface area (Å²) in [6, 6.07) is 2.11. The van der Waals surface area contributed by atoms with Crippen molar-refractivity contribution in [3.05, 3.63) is 11.6 Å². The normalized spacial score (nSPS) is 16.2. The summed E-state index contributed by atoms with van der Waals surface area (Å²) in [5.41, 5.74) is 5.68. The molecule has 1 fully saturated rings. The minimum absolute atomic E-state index is 0.0757. The molecule has 1 saturated heterocycles. The number of piperidine rings is 1. The number of primary amides is 1. The number of rotatable bonds is 5. The smallest absolute Gasteiger partial charge is 0.234 e. The highest BCUT2D eigenvalue weighted by Crippen LogP contribution is 2.31. The van der Waals surface area contributed by atoms with Gasteiger partial charge in [0.25, 0.3) is 0 Å². The van der Waals surface area contributed by atoms with Crippen LogP contribution >= 0.6 is 0 Å². The number of nitriles is 1. The van der Waals surface area contributed by atoms with Gasteiger partial charge in [-0.1, -0.05) is 13.8 Å². The number of nitrogens with zero attached hydrogens (tertiary/aromatic N) is 3. The number of anilines is 1. The van der Waals surface area contributed by atoms with Gasteiger partial charge < -0.3 is 15.1 Å². The first-order valence-electron chi connectivity index (χ1n) is 7.55. The topological polar surface area (TPSA) is 96.1 Å². The van der Waals surface area contributed by atoms with E-state index in [-0.39, 0.29) is 17.7 Å². The maximum Gasteiger partial charge on any atom is 0.234 e. The molecule has 6 nitrogen and oxygen atoms in total. The summed E-state index contributed by atoms with van der Waals surface area (Å²) in [5.74, 6) is 1.11. The Labute approximate surface area is 124 Å². The first-order valence-corrected chi connectivity index (χ1v) is 7.55. The van der Waals surface area contributed by atoms with Gasteiger partial charge in [-0.25, -0.2) is 4.98 Å². The molecule has 21 heavy (non-hydrogen) atoms.